The normalized spacial score (nSPS) is 21.1. The van der Waals surface area contributed by atoms with Gasteiger partial charge in [0, 0.05) is 49.7 Å². The van der Waals surface area contributed by atoms with Gasteiger partial charge in [-0.2, -0.15) is 0 Å². The second kappa shape index (κ2) is 9.85. The fourth-order valence-corrected chi connectivity index (χ4v) is 4.71. The Morgan fingerprint density at radius 1 is 0.812 bits per heavy atom. The molecule has 2 aromatic rings. The number of carboxylic acids is 1. The van der Waals surface area contributed by atoms with Crippen LogP contribution in [-0.4, -0.2) is 48.9 Å². The number of amides is 2. The van der Waals surface area contributed by atoms with E-state index in [4.69, 9.17) is 0 Å². The van der Waals surface area contributed by atoms with Crippen molar-refractivity contribution in [1.82, 2.24) is 4.90 Å². The number of rotatable bonds is 5. The van der Waals surface area contributed by atoms with Crippen molar-refractivity contribution in [2.45, 2.75) is 25.7 Å². The van der Waals surface area contributed by atoms with Crippen LogP contribution >= 0.6 is 0 Å². The highest BCUT2D eigenvalue weighted by molar-refractivity contribution is 6.04. The molecule has 2 amide bonds. The molecule has 2 atom stereocenters. The first-order valence-corrected chi connectivity index (χ1v) is 11.2. The lowest BCUT2D eigenvalue weighted by Crippen LogP contribution is -2.49. The maximum absolute atomic E-state index is 13.2. The smallest absolute Gasteiger partial charge is 0.256 e. The van der Waals surface area contributed by atoms with E-state index in [9.17, 15) is 19.5 Å². The van der Waals surface area contributed by atoms with Crippen LogP contribution in [0.25, 0.3) is 0 Å². The van der Waals surface area contributed by atoms with Crippen LogP contribution in [0.15, 0.2) is 54.6 Å². The summed E-state index contributed by atoms with van der Waals surface area (Å²) < 4.78 is 0. The lowest BCUT2D eigenvalue weighted by molar-refractivity contribution is -0.313. The maximum Gasteiger partial charge on any atom is 0.256 e. The van der Waals surface area contributed by atoms with Crippen molar-refractivity contribution in [2.24, 2.45) is 11.8 Å². The molecule has 7 nitrogen and oxygen atoms in total. The summed E-state index contributed by atoms with van der Waals surface area (Å²) >= 11 is 0. The molecule has 7 heteroatoms. The van der Waals surface area contributed by atoms with Gasteiger partial charge in [0.25, 0.3) is 5.91 Å². The summed E-state index contributed by atoms with van der Waals surface area (Å²) in [6.45, 7) is 2.65. The van der Waals surface area contributed by atoms with Crippen molar-refractivity contribution in [3.63, 3.8) is 0 Å². The third-order valence-electron chi connectivity index (χ3n) is 6.51. The van der Waals surface area contributed by atoms with Gasteiger partial charge in [-0.3, -0.25) is 9.59 Å². The zero-order chi connectivity index (χ0) is 22.5. The second-order valence-corrected chi connectivity index (χ2v) is 8.47. The average molecular weight is 435 g/mol. The first-order valence-electron chi connectivity index (χ1n) is 11.2. The van der Waals surface area contributed by atoms with E-state index in [1.165, 1.54) is 0 Å². The lowest BCUT2D eigenvalue weighted by atomic mass is 9.78. The van der Waals surface area contributed by atoms with Crippen LogP contribution in [0.3, 0.4) is 0 Å². The van der Waals surface area contributed by atoms with Gasteiger partial charge in [-0.25, -0.2) is 0 Å². The van der Waals surface area contributed by atoms with Crippen LogP contribution in [0.5, 0.6) is 0 Å². The molecule has 2 aliphatic rings. The van der Waals surface area contributed by atoms with E-state index in [-0.39, 0.29) is 11.8 Å². The monoisotopic (exact) mass is 434 g/mol. The van der Waals surface area contributed by atoms with E-state index in [2.05, 4.69) is 22.3 Å². The molecule has 0 spiro atoms. The molecule has 1 saturated heterocycles. The van der Waals surface area contributed by atoms with Crippen molar-refractivity contribution >= 4 is 29.2 Å². The van der Waals surface area contributed by atoms with Crippen molar-refractivity contribution in [3.8, 4) is 0 Å². The number of hydrogen-bond acceptors (Lipinski definition) is 5. The van der Waals surface area contributed by atoms with Gasteiger partial charge < -0.3 is 25.0 Å². The van der Waals surface area contributed by atoms with Gasteiger partial charge in [0.1, 0.15) is 0 Å². The molecule has 1 N–H and O–H groups in total. The first kappa shape index (κ1) is 21.9. The lowest BCUT2D eigenvalue weighted by Gasteiger charge is -2.36. The van der Waals surface area contributed by atoms with Gasteiger partial charge in [-0.05, 0) is 37.1 Å². The molecule has 168 valence electrons. The summed E-state index contributed by atoms with van der Waals surface area (Å²) in [6.07, 6.45) is 2.56. The third-order valence-corrected chi connectivity index (χ3v) is 6.51. The topological polar surface area (TPSA) is 92.8 Å². The molecule has 1 aliphatic heterocycles. The van der Waals surface area contributed by atoms with Crippen LogP contribution < -0.4 is 15.3 Å². The first-order chi connectivity index (χ1) is 15.5. The number of para-hydroxylation sites is 2. The van der Waals surface area contributed by atoms with Gasteiger partial charge >= 0.3 is 0 Å². The molecule has 2 unspecified atom stereocenters. The van der Waals surface area contributed by atoms with Gasteiger partial charge in [-0.15, -0.1) is 0 Å². The Hall–Kier alpha value is -3.35. The fraction of sp³-hybridized carbons (Fsp3) is 0.400. The predicted molar refractivity (Wildman–Crippen MR) is 120 cm³/mol. The number of carbonyl (C=O) groups is 3. The largest absolute Gasteiger partial charge is 0.550 e. The van der Waals surface area contributed by atoms with Crippen molar-refractivity contribution in [1.29, 1.82) is 0 Å². The molecule has 1 aliphatic carbocycles. The zero-order valence-corrected chi connectivity index (χ0v) is 18.0. The number of carboxylic acid groups (broad SMARTS) is 1. The molecule has 0 aromatic heterocycles. The summed E-state index contributed by atoms with van der Waals surface area (Å²) in [5.74, 6) is -3.07. The van der Waals surface area contributed by atoms with E-state index < -0.39 is 17.8 Å². The molecular formula is C25H28N3O4-. The molecule has 0 bridgehead atoms. The quantitative estimate of drug-likeness (QED) is 0.778. The minimum Gasteiger partial charge on any atom is -0.550 e. The molecule has 4 rings (SSSR count). The Bertz CT molecular complexity index is 970. The van der Waals surface area contributed by atoms with Gasteiger partial charge in [0.15, 0.2) is 0 Å². The summed E-state index contributed by atoms with van der Waals surface area (Å²) in [5, 5.41) is 14.3. The van der Waals surface area contributed by atoms with Crippen LogP contribution in [-0.2, 0) is 9.59 Å². The highest BCUT2D eigenvalue weighted by Crippen LogP contribution is 2.31. The van der Waals surface area contributed by atoms with Gasteiger partial charge in [0.05, 0.1) is 11.3 Å². The summed E-state index contributed by atoms with van der Waals surface area (Å²) in [6, 6.07) is 17.1. The molecule has 2 aromatic carbocycles. The Balaban J connectivity index is 1.43. The molecular weight excluding hydrogens is 406 g/mol. The van der Waals surface area contributed by atoms with E-state index >= 15 is 0 Å². The number of nitrogens with one attached hydrogen (secondary N) is 1. The van der Waals surface area contributed by atoms with E-state index in [1.54, 1.807) is 29.2 Å². The molecule has 1 heterocycles. The highest BCUT2D eigenvalue weighted by Gasteiger charge is 2.32. The van der Waals surface area contributed by atoms with Gasteiger partial charge in [-0.1, -0.05) is 43.2 Å². The van der Waals surface area contributed by atoms with Crippen molar-refractivity contribution in [3.05, 3.63) is 60.2 Å². The Kier molecular flexibility index (Phi) is 6.73. The van der Waals surface area contributed by atoms with E-state index in [0.29, 0.717) is 37.2 Å². The highest BCUT2D eigenvalue weighted by atomic mass is 16.4. The predicted octanol–water partition coefficient (Wildman–Crippen LogP) is 2.14. The SMILES string of the molecule is O=C([O-])C1CCCCC1C(=O)Nc1ccccc1C(=O)N1CCN(c2ccccc2)CC1. The number of piperazine rings is 1. The minimum absolute atomic E-state index is 0.131. The Morgan fingerprint density at radius 3 is 2.12 bits per heavy atom. The summed E-state index contributed by atoms with van der Waals surface area (Å²) in [7, 11) is 0. The average Bonchev–Trinajstić information content (AvgIpc) is 2.84. The summed E-state index contributed by atoms with van der Waals surface area (Å²) in [4.78, 5) is 41.7. The molecule has 1 saturated carbocycles. The van der Waals surface area contributed by atoms with Crippen molar-refractivity contribution in [2.75, 3.05) is 36.4 Å². The molecule has 0 radical (unpaired) electrons. The Labute approximate surface area is 188 Å². The van der Waals surface area contributed by atoms with E-state index in [0.717, 1.165) is 31.6 Å². The van der Waals surface area contributed by atoms with E-state index in [1.807, 2.05) is 18.2 Å². The fourth-order valence-electron chi connectivity index (χ4n) is 4.71. The third kappa shape index (κ3) is 4.77. The minimum atomic E-state index is -1.18. The summed E-state index contributed by atoms with van der Waals surface area (Å²) in [5.41, 5.74) is 1.99. The second-order valence-electron chi connectivity index (χ2n) is 8.47. The standard InChI is InChI=1S/C25H29N3O4/c29-23(19-10-4-5-11-20(19)25(31)32)26-22-13-7-6-12-21(22)24(30)28-16-14-27(15-17-28)18-8-2-1-3-9-18/h1-3,6-9,12-13,19-20H,4-5,10-11,14-17H2,(H,26,29)(H,31,32)/p-1. The van der Waals surface area contributed by atoms with Crippen molar-refractivity contribution < 1.29 is 19.5 Å². The molecule has 32 heavy (non-hydrogen) atoms. The van der Waals surface area contributed by atoms with Crippen LogP contribution in [0.4, 0.5) is 11.4 Å². The molecule has 2 fully saturated rings. The Morgan fingerprint density at radius 2 is 1.44 bits per heavy atom. The number of benzene rings is 2. The number of anilines is 2. The van der Waals surface area contributed by atoms with Crippen LogP contribution in [0.2, 0.25) is 0 Å². The number of nitrogens with zero attached hydrogens (tertiary/aromatic N) is 2. The zero-order valence-electron chi connectivity index (χ0n) is 18.0. The number of hydrogen-bond donors (Lipinski definition) is 1. The van der Waals surface area contributed by atoms with Gasteiger partial charge in [0.2, 0.25) is 5.91 Å². The van der Waals surface area contributed by atoms with Crippen LogP contribution in [0, 0.1) is 11.8 Å². The van der Waals surface area contributed by atoms with Crippen LogP contribution in [0.1, 0.15) is 36.0 Å². The number of aliphatic carboxylic acids is 1. The maximum atomic E-state index is 13.2. The number of carbonyl (C=O) groups excluding carboxylic acids is 3.